The highest BCUT2D eigenvalue weighted by atomic mass is 19.1. The number of fused-ring (bicyclic) bond motifs is 4. The molecule has 0 atom stereocenters. The number of aromatic nitrogens is 1. The van der Waals surface area contributed by atoms with E-state index >= 15 is 4.39 Å². The molecule has 2 aromatic heterocycles. The van der Waals surface area contributed by atoms with Crippen LogP contribution in [0.4, 0.5) is 4.39 Å². The minimum absolute atomic E-state index is 0.240. The first-order valence-electron chi connectivity index (χ1n) is 12.0. The summed E-state index contributed by atoms with van der Waals surface area (Å²) in [6.45, 7) is 8.79. The molecule has 0 amide bonds. The lowest BCUT2D eigenvalue weighted by molar-refractivity contribution is -0.660. The zero-order valence-electron chi connectivity index (χ0n) is 20.4. The van der Waals surface area contributed by atoms with Gasteiger partial charge in [0.25, 0.3) is 0 Å². The van der Waals surface area contributed by atoms with Crippen LogP contribution >= 0.6 is 0 Å². The van der Waals surface area contributed by atoms with Crippen molar-refractivity contribution in [2.45, 2.75) is 40.5 Å². The number of aryl methyl sites for hydroxylation is 3. The Morgan fingerprint density at radius 2 is 1.50 bits per heavy atom. The van der Waals surface area contributed by atoms with Gasteiger partial charge in [0.15, 0.2) is 6.20 Å². The molecule has 1 aliphatic rings. The summed E-state index contributed by atoms with van der Waals surface area (Å²) in [4.78, 5) is 0. The summed E-state index contributed by atoms with van der Waals surface area (Å²) in [6.07, 6.45) is 4.12. The number of furan rings is 1. The van der Waals surface area contributed by atoms with Gasteiger partial charge in [-0.3, -0.25) is 0 Å². The molecule has 0 spiro atoms. The van der Waals surface area contributed by atoms with Crippen molar-refractivity contribution in [2.75, 3.05) is 0 Å². The lowest BCUT2D eigenvalue weighted by atomic mass is 9.90. The summed E-state index contributed by atoms with van der Waals surface area (Å²) in [5.74, 6) is -0.240. The number of rotatable bonds is 2. The summed E-state index contributed by atoms with van der Waals surface area (Å²) in [5, 5.41) is 1.96. The van der Waals surface area contributed by atoms with Crippen molar-refractivity contribution in [2.24, 2.45) is 12.5 Å². The summed E-state index contributed by atoms with van der Waals surface area (Å²) in [7, 11) is 2.04. The van der Waals surface area contributed by atoms with E-state index in [9.17, 15) is 0 Å². The van der Waals surface area contributed by atoms with E-state index < -0.39 is 0 Å². The number of benzene rings is 3. The van der Waals surface area contributed by atoms with Crippen LogP contribution in [0.1, 0.15) is 36.1 Å². The van der Waals surface area contributed by atoms with Crippen molar-refractivity contribution >= 4 is 21.9 Å². The van der Waals surface area contributed by atoms with Gasteiger partial charge in [0.05, 0.1) is 11.1 Å². The Balaban J connectivity index is 1.66. The quantitative estimate of drug-likeness (QED) is 0.253. The summed E-state index contributed by atoms with van der Waals surface area (Å²) >= 11 is 0. The maximum absolute atomic E-state index is 15.5. The van der Waals surface area contributed by atoms with Crippen LogP contribution in [0.2, 0.25) is 0 Å². The molecule has 0 saturated carbocycles. The van der Waals surface area contributed by atoms with Gasteiger partial charge in [0.2, 0.25) is 5.69 Å². The number of hydrogen-bond acceptors (Lipinski definition) is 1. The molecular formula is C31H29FNO+. The smallest absolute Gasteiger partial charge is 0.216 e. The molecule has 0 saturated heterocycles. The molecule has 0 unspecified atom stereocenters. The number of halogens is 1. The lowest BCUT2D eigenvalue weighted by Crippen LogP contribution is -2.30. The fraction of sp³-hybridized carbons (Fsp3) is 0.258. The van der Waals surface area contributed by atoms with E-state index in [2.05, 4.69) is 62.6 Å². The van der Waals surface area contributed by atoms with Crippen LogP contribution in [0, 0.1) is 25.1 Å². The Morgan fingerprint density at radius 3 is 2.24 bits per heavy atom. The molecule has 0 bridgehead atoms. The van der Waals surface area contributed by atoms with E-state index in [1.807, 2.05) is 31.4 Å². The number of hydrogen-bond donors (Lipinski definition) is 0. The average molecular weight is 451 g/mol. The van der Waals surface area contributed by atoms with Crippen molar-refractivity contribution in [1.82, 2.24) is 0 Å². The Morgan fingerprint density at radius 1 is 0.824 bits per heavy atom. The second kappa shape index (κ2) is 7.27. The third-order valence-corrected chi connectivity index (χ3v) is 7.43. The summed E-state index contributed by atoms with van der Waals surface area (Å²) < 4.78 is 24.2. The minimum atomic E-state index is -0.240. The molecule has 2 nitrogen and oxygen atoms in total. The lowest BCUT2D eigenvalue weighted by Gasteiger charge is -2.14. The first-order valence-corrected chi connectivity index (χ1v) is 12.0. The molecule has 1 aliphatic carbocycles. The van der Waals surface area contributed by atoms with Gasteiger partial charge in [0, 0.05) is 22.9 Å². The maximum atomic E-state index is 15.5. The van der Waals surface area contributed by atoms with Crippen molar-refractivity contribution in [3.05, 3.63) is 88.9 Å². The Labute approximate surface area is 199 Å². The van der Waals surface area contributed by atoms with E-state index in [1.165, 1.54) is 11.1 Å². The maximum Gasteiger partial charge on any atom is 0.216 e. The molecule has 2 heterocycles. The topological polar surface area (TPSA) is 17.0 Å². The Kier molecular flexibility index (Phi) is 4.51. The highest BCUT2D eigenvalue weighted by Gasteiger charge is 2.30. The van der Waals surface area contributed by atoms with Gasteiger partial charge in [-0.2, -0.15) is 0 Å². The van der Waals surface area contributed by atoms with Gasteiger partial charge in [-0.25, -0.2) is 8.96 Å². The zero-order chi connectivity index (χ0) is 23.8. The fourth-order valence-corrected chi connectivity index (χ4v) is 5.84. The molecule has 34 heavy (non-hydrogen) atoms. The van der Waals surface area contributed by atoms with E-state index in [0.29, 0.717) is 11.1 Å². The van der Waals surface area contributed by atoms with Gasteiger partial charge >= 0.3 is 0 Å². The van der Waals surface area contributed by atoms with Crippen molar-refractivity contribution < 1.29 is 13.4 Å². The molecule has 3 aromatic carbocycles. The molecule has 170 valence electrons. The van der Waals surface area contributed by atoms with Gasteiger partial charge in [-0.1, -0.05) is 38.1 Å². The third-order valence-electron chi connectivity index (χ3n) is 7.43. The Bertz CT molecular complexity index is 1620. The predicted molar refractivity (Wildman–Crippen MR) is 136 cm³/mol. The van der Waals surface area contributed by atoms with Gasteiger partial charge < -0.3 is 4.42 Å². The average Bonchev–Trinajstić information content (AvgIpc) is 3.29. The second-order valence-corrected chi connectivity index (χ2v) is 10.7. The molecule has 0 radical (unpaired) electrons. The van der Waals surface area contributed by atoms with Crippen molar-refractivity contribution in [3.63, 3.8) is 0 Å². The summed E-state index contributed by atoms with van der Waals surface area (Å²) in [5.41, 5.74) is 10.2. The van der Waals surface area contributed by atoms with Crippen molar-refractivity contribution in [3.8, 4) is 22.4 Å². The minimum Gasteiger partial charge on any atom is -0.454 e. The van der Waals surface area contributed by atoms with Crippen LogP contribution < -0.4 is 4.57 Å². The Hall–Kier alpha value is -3.46. The van der Waals surface area contributed by atoms with Gasteiger partial charge in [-0.15, -0.1) is 0 Å². The fourth-order valence-electron chi connectivity index (χ4n) is 5.84. The van der Waals surface area contributed by atoms with Crippen LogP contribution in [0.25, 0.3) is 44.3 Å². The standard InChI is InChI=1S/C31H29FNO/c1-18-9-10-22-23-11-12-25(32)28(24-15-21-17-31(3,4)16-20(21)14-19(24)2)30(23)34-29(22)27(18)26-8-6-7-13-33(26)5/h6-15H,16-17H2,1-5H3/q+1. The molecule has 0 fully saturated rings. The monoisotopic (exact) mass is 450 g/mol. The van der Waals surface area contributed by atoms with Crippen LogP contribution in [0.3, 0.4) is 0 Å². The molecular weight excluding hydrogens is 421 g/mol. The second-order valence-electron chi connectivity index (χ2n) is 10.7. The SMILES string of the molecule is Cc1cc2c(cc1-c1c(F)ccc3c1oc1c(-c4cccc[n+]4C)c(C)ccc13)CC(C)(C)C2. The van der Waals surface area contributed by atoms with Crippen LogP contribution in [0.5, 0.6) is 0 Å². The first-order chi connectivity index (χ1) is 16.2. The largest absolute Gasteiger partial charge is 0.454 e. The van der Waals surface area contributed by atoms with E-state index in [-0.39, 0.29) is 11.2 Å². The van der Waals surface area contributed by atoms with Gasteiger partial charge in [0.1, 0.15) is 24.0 Å². The molecule has 0 aliphatic heterocycles. The molecule has 5 aromatic rings. The highest BCUT2D eigenvalue weighted by Crippen LogP contribution is 2.44. The van der Waals surface area contributed by atoms with E-state index in [1.54, 1.807) is 6.07 Å². The van der Waals surface area contributed by atoms with Gasteiger partial charge in [-0.05, 0) is 78.1 Å². The molecule has 6 rings (SSSR count). The number of pyridine rings is 1. The molecule has 3 heteroatoms. The summed E-state index contributed by atoms with van der Waals surface area (Å²) in [6, 6.07) is 18.3. The highest BCUT2D eigenvalue weighted by molar-refractivity contribution is 6.13. The normalized spacial score (nSPS) is 14.8. The first kappa shape index (κ1) is 21.1. The van der Waals surface area contributed by atoms with E-state index in [4.69, 9.17) is 4.42 Å². The predicted octanol–water partition coefficient (Wildman–Crippen LogP) is 7.63. The zero-order valence-corrected chi connectivity index (χ0v) is 20.4. The van der Waals surface area contributed by atoms with Crippen LogP contribution in [-0.2, 0) is 19.9 Å². The van der Waals surface area contributed by atoms with Crippen LogP contribution in [0.15, 0.2) is 65.2 Å². The third kappa shape index (κ3) is 3.10. The van der Waals surface area contributed by atoms with E-state index in [0.717, 1.165) is 57.1 Å². The molecule has 0 N–H and O–H groups in total. The number of nitrogens with zero attached hydrogens (tertiary/aromatic N) is 1. The van der Waals surface area contributed by atoms with Crippen LogP contribution in [-0.4, -0.2) is 0 Å². The van der Waals surface area contributed by atoms with Crippen molar-refractivity contribution in [1.29, 1.82) is 0 Å².